The van der Waals surface area contributed by atoms with Gasteiger partial charge in [-0.1, -0.05) is 18.2 Å². The molecule has 1 aliphatic carbocycles. The standard InChI is InChI=1S/C14H20N2O2/c1-18-13-5-3-2-4-11(13)10-16-14(17)8-9-15-12-6-7-12/h2-5,12,15H,6-10H2,1H3,(H,16,17). The molecule has 1 aliphatic rings. The van der Waals surface area contributed by atoms with E-state index in [-0.39, 0.29) is 5.91 Å². The van der Waals surface area contributed by atoms with Crippen LogP contribution in [0.2, 0.25) is 0 Å². The third-order valence-corrected chi connectivity index (χ3v) is 3.03. The predicted octanol–water partition coefficient (Wildman–Crippen LogP) is 1.45. The van der Waals surface area contributed by atoms with E-state index in [1.54, 1.807) is 7.11 Å². The van der Waals surface area contributed by atoms with Gasteiger partial charge < -0.3 is 15.4 Å². The van der Waals surface area contributed by atoms with Crippen molar-refractivity contribution in [1.82, 2.24) is 10.6 Å². The van der Waals surface area contributed by atoms with Crippen molar-refractivity contribution in [2.24, 2.45) is 0 Å². The fourth-order valence-electron chi connectivity index (χ4n) is 1.81. The highest BCUT2D eigenvalue weighted by Crippen LogP contribution is 2.18. The van der Waals surface area contributed by atoms with E-state index in [1.807, 2.05) is 24.3 Å². The van der Waals surface area contributed by atoms with Crippen LogP contribution in [0.4, 0.5) is 0 Å². The molecule has 0 heterocycles. The van der Waals surface area contributed by atoms with Gasteiger partial charge in [-0.05, 0) is 18.9 Å². The Morgan fingerprint density at radius 2 is 2.17 bits per heavy atom. The summed E-state index contributed by atoms with van der Waals surface area (Å²) < 4.78 is 5.23. The summed E-state index contributed by atoms with van der Waals surface area (Å²) in [5, 5.41) is 6.23. The van der Waals surface area contributed by atoms with E-state index in [4.69, 9.17) is 4.74 Å². The molecule has 0 saturated heterocycles. The summed E-state index contributed by atoms with van der Waals surface area (Å²) in [7, 11) is 1.64. The molecule has 98 valence electrons. The highest BCUT2D eigenvalue weighted by Gasteiger charge is 2.20. The molecule has 4 nitrogen and oxygen atoms in total. The fourth-order valence-corrected chi connectivity index (χ4v) is 1.81. The second-order valence-electron chi connectivity index (χ2n) is 4.57. The molecular formula is C14H20N2O2. The van der Waals surface area contributed by atoms with Crippen LogP contribution in [0.25, 0.3) is 0 Å². The molecule has 0 aliphatic heterocycles. The average molecular weight is 248 g/mol. The van der Waals surface area contributed by atoms with Gasteiger partial charge in [0.2, 0.25) is 5.91 Å². The van der Waals surface area contributed by atoms with Crippen molar-refractivity contribution >= 4 is 5.91 Å². The Bertz CT molecular complexity index is 403. The van der Waals surface area contributed by atoms with Gasteiger partial charge in [-0.15, -0.1) is 0 Å². The first-order chi connectivity index (χ1) is 8.79. The minimum absolute atomic E-state index is 0.0778. The summed E-state index contributed by atoms with van der Waals surface area (Å²) in [5.74, 6) is 0.892. The van der Waals surface area contributed by atoms with Gasteiger partial charge in [-0.25, -0.2) is 0 Å². The Labute approximate surface area is 108 Å². The average Bonchev–Trinajstić information content (AvgIpc) is 3.21. The molecule has 0 bridgehead atoms. The van der Waals surface area contributed by atoms with Crippen LogP contribution in [0, 0.1) is 0 Å². The van der Waals surface area contributed by atoms with E-state index in [0.29, 0.717) is 19.0 Å². The highest BCUT2D eigenvalue weighted by atomic mass is 16.5. The number of para-hydroxylation sites is 1. The van der Waals surface area contributed by atoms with Crippen molar-refractivity contribution in [2.75, 3.05) is 13.7 Å². The van der Waals surface area contributed by atoms with Crippen molar-refractivity contribution in [3.63, 3.8) is 0 Å². The third-order valence-electron chi connectivity index (χ3n) is 3.03. The first-order valence-electron chi connectivity index (χ1n) is 6.41. The van der Waals surface area contributed by atoms with E-state index in [2.05, 4.69) is 10.6 Å². The number of benzene rings is 1. The molecule has 0 atom stereocenters. The zero-order chi connectivity index (χ0) is 12.8. The SMILES string of the molecule is COc1ccccc1CNC(=O)CCNC1CC1. The van der Waals surface area contributed by atoms with Gasteiger partial charge in [0.05, 0.1) is 7.11 Å². The maximum Gasteiger partial charge on any atom is 0.221 e. The molecule has 1 aromatic rings. The molecule has 2 rings (SSSR count). The molecular weight excluding hydrogens is 228 g/mol. The monoisotopic (exact) mass is 248 g/mol. The Kier molecular flexibility index (Phi) is 4.59. The van der Waals surface area contributed by atoms with Gasteiger partial charge in [0, 0.05) is 31.1 Å². The molecule has 4 heteroatoms. The number of hydrogen-bond donors (Lipinski definition) is 2. The van der Waals surface area contributed by atoms with Crippen molar-refractivity contribution in [2.45, 2.75) is 31.8 Å². The lowest BCUT2D eigenvalue weighted by molar-refractivity contribution is -0.121. The number of rotatable bonds is 7. The molecule has 2 N–H and O–H groups in total. The number of hydrogen-bond acceptors (Lipinski definition) is 3. The molecule has 1 fully saturated rings. The molecule has 0 aromatic heterocycles. The Morgan fingerprint density at radius 1 is 1.39 bits per heavy atom. The second-order valence-corrected chi connectivity index (χ2v) is 4.57. The number of amides is 1. The van der Waals surface area contributed by atoms with Gasteiger partial charge in [0.25, 0.3) is 0 Å². The lowest BCUT2D eigenvalue weighted by Gasteiger charge is -2.09. The molecule has 0 unspecified atom stereocenters. The lowest BCUT2D eigenvalue weighted by atomic mass is 10.2. The van der Waals surface area contributed by atoms with Crippen LogP contribution in [-0.2, 0) is 11.3 Å². The number of methoxy groups -OCH3 is 1. The van der Waals surface area contributed by atoms with Crippen LogP contribution in [0.5, 0.6) is 5.75 Å². The van der Waals surface area contributed by atoms with Crippen molar-refractivity contribution in [3.8, 4) is 5.75 Å². The van der Waals surface area contributed by atoms with Crippen LogP contribution in [-0.4, -0.2) is 25.6 Å². The predicted molar refractivity (Wildman–Crippen MR) is 70.5 cm³/mol. The second kappa shape index (κ2) is 6.40. The molecule has 1 aromatic carbocycles. The quantitative estimate of drug-likeness (QED) is 0.768. The van der Waals surface area contributed by atoms with Crippen LogP contribution in [0.1, 0.15) is 24.8 Å². The lowest BCUT2D eigenvalue weighted by Crippen LogP contribution is -2.28. The van der Waals surface area contributed by atoms with E-state index < -0.39 is 0 Å². The highest BCUT2D eigenvalue weighted by molar-refractivity contribution is 5.76. The van der Waals surface area contributed by atoms with Crippen molar-refractivity contribution < 1.29 is 9.53 Å². The first-order valence-corrected chi connectivity index (χ1v) is 6.41. The van der Waals surface area contributed by atoms with Crippen LogP contribution < -0.4 is 15.4 Å². The van der Waals surface area contributed by atoms with Crippen molar-refractivity contribution in [1.29, 1.82) is 0 Å². The van der Waals surface area contributed by atoms with Crippen LogP contribution in [0.15, 0.2) is 24.3 Å². The summed E-state index contributed by atoms with van der Waals surface area (Å²) in [4.78, 5) is 11.6. The molecule has 0 radical (unpaired) electrons. The Hall–Kier alpha value is -1.55. The third kappa shape index (κ3) is 4.04. The summed E-state index contributed by atoms with van der Waals surface area (Å²) >= 11 is 0. The Morgan fingerprint density at radius 3 is 2.89 bits per heavy atom. The number of carbonyl (C=O) groups excluding carboxylic acids is 1. The van der Waals surface area contributed by atoms with Gasteiger partial charge in [-0.3, -0.25) is 4.79 Å². The zero-order valence-electron chi connectivity index (χ0n) is 10.7. The number of ether oxygens (including phenoxy) is 1. The fraction of sp³-hybridized carbons (Fsp3) is 0.500. The molecule has 18 heavy (non-hydrogen) atoms. The first kappa shape index (κ1) is 12.9. The van der Waals surface area contributed by atoms with E-state index in [9.17, 15) is 4.79 Å². The van der Waals surface area contributed by atoms with Gasteiger partial charge in [-0.2, -0.15) is 0 Å². The largest absolute Gasteiger partial charge is 0.496 e. The maximum absolute atomic E-state index is 11.6. The number of carbonyl (C=O) groups is 1. The minimum atomic E-state index is 0.0778. The number of nitrogens with one attached hydrogen (secondary N) is 2. The maximum atomic E-state index is 11.6. The van der Waals surface area contributed by atoms with Gasteiger partial charge in [0.15, 0.2) is 0 Å². The Balaban J connectivity index is 1.70. The smallest absolute Gasteiger partial charge is 0.221 e. The van der Waals surface area contributed by atoms with Crippen LogP contribution in [0.3, 0.4) is 0 Å². The zero-order valence-corrected chi connectivity index (χ0v) is 10.7. The van der Waals surface area contributed by atoms with E-state index >= 15 is 0 Å². The van der Waals surface area contributed by atoms with Crippen LogP contribution >= 0.6 is 0 Å². The van der Waals surface area contributed by atoms with E-state index in [1.165, 1.54) is 12.8 Å². The van der Waals surface area contributed by atoms with Gasteiger partial charge in [0.1, 0.15) is 5.75 Å². The normalized spacial score (nSPS) is 14.3. The summed E-state index contributed by atoms with van der Waals surface area (Å²) in [6, 6.07) is 8.38. The summed E-state index contributed by atoms with van der Waals surface area (Å²) in [5.41, 5.74) is 1.00. The van der Waals surface area contributed by atoms with Gasteiger partial charge >= 0.3 is 0 Å². The summed E-state index contributed by atoms with van der Waals surface area (Å²) in [6.07, 6.45) is 3.04. The van der Waals surface area contributed by atoms with Crippen molar-refractivity contribution in [3.05, 3.63) is 29.8 Å². The minimum Gasteiger partial charge on any atom is -0.496 e. The summed E-state index contributed by atoms with van der Waals surface area (Å²) in [6.45, 7) is 1.29. The molecule has 1 saturated carbocycles. The van der Waals surface area contributed by atoms with E-state index in [0.717, 1.165) is 17.9 Å². The molecule has 1 amide bonds. The topological polar surface area (TPSA) is 50.4 Å². The molecule has 0 spiro atoms.